The van der Waals surface area contributed by atoms with Crippen LogP contribution in [0.1, 0.15) is 13.8 Å². The largest absolute Gasteiger partial charge is 0.495 e. The summed E-state index contributed by atoms with van der Waals surface area (Å²) in [6.45, 7) is 8.62. The number of nitrogens with one attached hydrogen (secondary N) is 1. The lowest BCUT2D eigenvalue weighted by molar-refractivity contribution is 0.00870. The van der Waals surface area contributed by atoms with E-state index in [2.05, 4.69) is 29.1 Å². The quantitative estimate of drug-likeness (QED) is 0.397. The van der Waals surface area contributed by atoms with Gasteiger partial charge in [-0.2, -0.15) is 0 Å². The van der Waals surface area contributed by atoms with E-state index in [9.17, 15) is 0 Å². The van der Waals surface area contributed by atoms with Gasteiger partial charge < -0.3 is 20.5 Å². The number of rotatable bonds is 6. The van der Waals surface area contributed by atoms with E-state index in [1.807, 2.05) is 24.3 Å². The van der Waals surface area contributed by atoms with Crippen molar-refractivity contribution in [1.29, 1.82) is 0 Å². The molecule has 1 aliphatic rings. The van der Waals surface area contributed by atoms with Crippen LogP contribution in [0.15, 0.2) is 29.3 Å². The van der Waals surface area contributed by atoms with Crippen LogP contribution in [0, 0.1) is 5.92 Å². The Bertz CT molecular complexity index is 519. The molecule has 0 aliphatic carbocycles. The van der Waals surface area contributed by atoms with Gasteiger partial charge in [-0.15, -0.1) is 24.0 Å². The van der Waals surface area contributed by atoms with Crippen LogP contribution in [0.2, 0.25) is 0 Å². The van der Waals surface area contributed by atoms with Crippen molar-refractivity contribution in [2.24, 2.45) is 16.6 Å². The second-order valence-corrected chi connectivity index (χ2v) is 6.01. The number of para-hydroxylation sites is 2. The molecule has 0 aromatic heterocycles. The summed E-state index contributed by atoms with van der Waals surface area (Å²) in [6, 6.07) is 8.04. The molecule has 0 spiro atoms. The van der Waals surface area contributed by atoms with Crippen LogP contribution in [0.5, 0.6) is 5.75 Å². The summed E-state index contributed by atoms with van der Waals surface area (Å²) in [5, 5.41) is 3.12. The number of anilines is 1. The second kappa shape index (κ2) is 10.7. The van der Waals surface area contributed by atoms with Gasteiger partial charge in [0.15, 0.2) is 5.96 Å². The van der Waals surface area contributed by atoms with Gasteiger partial charge in [-0.3, -0.25) is 9.89 Å². The number of guanidine groups is 1. The summed E-state index contributed by atoms with van der Waals surface area (Å²) < 4.78 is 10.7. The normalized spacial score (nSPS) is 17.2. The van der Waals surface area contributed by atoms with Gasteiger partial charge in [0.2, 0.25) is 0 Å². The standard InChI is InChI=1S/C17H28N4O2.HI/c1-13(2)15(21-8-10-23-11-9-21)12-19-17(18)20-14-6-4-5-7-16(14)22-3;/h4-7,13,15H,8-12H2,1-3H3,(H3,18,19,20);1H. The molecule has 1 aromatic rings. The Morgan fingerprint density at radius 3 is 2.62 bits per heavy atom. The number of methoxy groups -OCH3 is 1. The van der Waals surface area contributed by atoms with Gasteiger partial charge in [0.25, 0.3) is 0 Å². The highest BCUT2D eigenvalue weighted by Gasteiger charge is 2.23. The van der Waals surface area contributed by atoms with E-state index in [1.54, 1.807) is 7.11 Å². The van der Waals surface area contributed by atoms with Gasteiger partial charge in [-0.05, 0) is 18.1 Å². The molecular weight excluding hydrogens is 419 g/mol. The Hall–Kier alpha value is -1.06. The lowest BCUT2D eigenvalue weighted by atomic mass is 10.0. The van der Waals surface area contributed by atoms with E-state index >= 15 is 0 Å². The van der Waals surface area contributed by atoms with E-state index < -0.39 is 0 Å². The number of morpholine rings is 1. The molecule has 7 heteroatoms. The predicted octanol–water partition coefficient (Wildman–Crippen LogP) is 2.40. The average molecular weight is 448 g/mol. The molecule has 1 heterocycles. The Kier molecular flexibility index (Phi) is 9.38. The summed E-state index contributed by atoms with van der Waals surface area (Å²) in [4.78, 5) is 6.98. The molecule has 0 amide bonds. The highest BCUT2D eigenvalue weighted by molar-refractivity contribution is 14.0. The molecule has 0 saturated carbocycles. The number of halogens is 1. The van der Waals surface area contributed by atoms with Crippen molar-refractivity contribution in [3.05, 3.63) is 24.3 Å². The van der Waals surface area contributed by atoms with Crippen molar-refractivity contribution in [1.82, 2.24) is 4.90 Å². The first kappa shape index (κ1) is 21.0. The molecule has 0 radical (unpaired) electrons. The zero-order valence-electron chi connectivity index (χ0n) is 14.7. The van der Waals surface area contributed by atoms with E-state index in [4.69, 9.17) is 15.2 Å². The van der Waals surface area contributed by atoms with Gasteiger partial charge in [-0.25, -0.2) is 0 Å². The molecule has 1 aliphatic heterocycles. The Morgan fingerprint density at radius 1 is 1.33 bits per heavy atom. The summed E-state index contributed by atoms with van der Waals surface area (Å²) in [7, 11) is 1.64. The Labute approximate surface area is 161 Å². The monoisotopic (exact) mass is 448 g/mol. The van der Waals surface area contributed by atoms with Crippen LogP contribution in [-0.4, -0.2) is 56.9 Å². The predicted molar refractivity (Wildman–Crippen MR) is 110 cm³/mol. The fourth-order valence-electron chi connectivity index (χ4n) is 2.77. The van der Waals surface area contributed by atoms with Crippen LogP contribution in [0.4, 0.5) is 5.69 Å². The van der Waals surface area contributed by atoms with Crippen molar-refractivity contribution >= 4 is 35.6 Å². The van der Waals surface area contributed by atoms with Crippen LogP contribution < -0.4 is 15.8 Å². The number of aliphatic imine (C=N–C) groups is 1. The lowest BCUT2D eigenvalue weighted by Gasteiger charge is -2.36. The van der Waals surface area contributed by atoms with Gasteiger partial charge in [0.1, 0.15) is 5.75 Å². The average Bonchev–Trinajstić information content (AvgIpc) is 2.56. The number of nitrogens with two attached hydrogens (primary N) is 1. The molecule has 2 rings (SSSR count). The van der Waals surface area contributed by atoms with E-state index in [1.165, 1.54) is 0 Å². The SMILES string of the molecule is COc1ccccc1NC(N)=NCC(C(C)C)N1CCOCC1.I. The minimum absolute atomic E-state index is 0. The molecule has 1 fully saturated rings. The maximum atomic E-state index is 6.05. The Morgan fingerprint density at radius 2 is 2.00 bits per heavy atom. The topological polar surface area (TPSA) is 72.1 Å². The van der Waals surface area contributed by atoms with Crippen molar-refractivity contribution in [2.75, 3.05) is 45.3 Å². The Balaban J connectivity index is 0.00000288. The molecule has 0 bridgehead atoms. The maximum Gasteiger partial charge on any atom is 0.193 e. The van der Waals surface area contributed by atoms with Crippen LogP contribution in [0.3, 0.4) is 0 Å². The molecule has 24 heavy (non-hydrogen) atoms. The molecule has 1 atom stereocenters. The summed E-state index contributed by atoms with van der Waals surface area (Å²) >= 11 is 0. The van der Waals surface area contributed by atoms with Crippen molar-refractivity contribution in [2.45, 2.75) is 19.9 Å². The minimum Gasteiger partial charge on any atom is -0.495 e. The second-order valence-electron chi connectivity index (χ2n) is 6.01. The van der Waals surface area contributed by atoms with Gasteiger partial charge in [-0.1, -0.05) is 26.0 Å². The van der Waals surface area contributed by atoms with Crippen LogP contribution in [-0.2, 0) is 4.74 Å². The lowest BCUT2D eigenvalue weighted by Crippen LogP contribution is -2.47. The smallest absolute Gasteiger partial charge is 0.193 e. The molecule has 1 unspecified atom stereocenters. The van der Waals surface area contributed by atoms with Crippen molar-refractivity contribution in [3.63, 3.8) is 0 Å². The zero-order chi connectivity index (χ0) is 16.7. The molecule has 3 N–H and O–H groups in total. The molecule has 1 aromatic carbocycles. The highest BCUT2D eigenvalue weighted by Crippen LogP contribution is 2.22. The number of ether oxygens (including phenoxy) is 2. The third-order valence-corrected chi connectivity index (χ3v) is 4.10. The molecule has 6 nitrogen and oxygen atoms in total. The fraction of sp³-hybridized carbons (Fsp3) is 0.588. The first-order valence-corrected chi connectivity index (χ1v) is 8.13. The van der Waals surface area contributed by atoms with E-state index in [-0.39, 0.29) is 24.0 Å². The zero-order valence-corrected chi connectivity index (χ0v) is 17.0. The highest BCUT2D eigenvalue weighted by atomic mass is 127. The van der Waals surface area contributed by atoms with Gasteiger partial charge in [0, 0.05) is 19.1 Å². The first-order chi connectivity index (χ1) is 11.1. The van der Waals surface area contributed by atoms with Crippen molar-refractivity contribution < 1.29 is 9.47 Å². The number of nitrogens with zero attached hydrogens (tertiary/aromatic N) is 2. The van der Waals surface area contributed by atoms with E-state index in [0.29, 0.717) is 24.5 Å². The molecular formula is C17H29IN4O2. The number of hydrogen-bond acceptors (Lipinski definition) is 4. The van der Waals surface area contributed by atoms with Gasteiger partial charge >= 0.3 is 0 Å². The first-order valence-electron chi connectivity index (χ1n) is 8.13. The third kappa shape index (κ3) is 6.10. The molecule has 136 valence electrons. The third-order valence-electron chi connectivity index (χ3n) is 4.10. The van der Waals surface area contributed by atoms with Crippen LogP contribution in [0.25, 0.3) is 0 Å². The summed E-state index contributed by atoms with van der Waals surface area (Å²) in [5.41, 5.74) is 6.87. The van der Waals surface area contributed by atoms with Gasteiger partial charge in [0.05, 0.1) is 32.6 Å². The number of hydrogen-bond donors (Lipinski definition) is 2. The summed E-state index contributed by atoms with van der Waals surface area (Å²) in [6.07, 6.45) is 0. The maximum absolute atomic E-state index is 6.05. The van der Waals surface area contributed by atoms with E-state index in [0.717, 1.165) is 37.7 Å². The van der Waals surface area contributed by atoms with Crippen LogP contribution >= 0.6 is 24.0 Å². The minimum atomic E-state index is 0. The molecule has 1 saturated heterocycles. The fourth-order valence-corrected chi connectivity index (χ4v) is 2.77. The summed E-state index contributed by atoms with van der Waals surface area (Å²) in [5.74, 6) is 1.67. The van der Waals surface area contributed by atoms with Crippen molar-refractivity contribution in [3.8, 4) is 5.75 Å². The number of benzene rings is 1.